The van der Waals surface area contributed by atoms with Gasteiger partial charge in [-0.1, -0.05) is 11.8 Å². The molecule has 5 heteroatoms. The Morgan fingerprint density at radius 1 is 0.690 bits per heavy atom. The van der Waals surface area contributed by atoms with E-state index in [-0.39, 0.29) is 0 Å². The monoisotopic (exact) mass is 375 g/mol. The van der Waals surface area contributed by atoms with Gasteiger partial charge < -0.3 is 14.1 Å². The Labute approximate surface area is 168 Å². The Balaban J connectivity index is 1.57. The Bertz CT molecular complexity index is 1380. The van der Waals surface area contributed by atoms with Crippen LogP contribution in [-0.4, -0.2) is 24.1 Å². The zero-order valence-corrected chi connectivity index (χ0v) is 16.1. The second-order valence-corrected chi connectivity index (χ2v) is 6.87. The summed E-state index contributed by atoms with van der Waals surface area (Å²) >= 11 is 0. The number of nitrogens with one attached hydrogen (secondary N) is 1. The van der Waals surface area contributed by atoms with E-state index in [1.165, 1.54) is 0 Å². The molecule has 5 nitrogen and oxygen atoms in total. The Kier molecular flexibility index (Phi) is 3.93. The van der Waals surface area contributed by atoms with Gasteiger partial charge in [-0.15, -0.1) is 0 Å². The van der Waals surface area contributed by atoms with Crippen molar-refractivity contribution in [3.05, 3.63) is 84.0 Å². The van der Waals surface area contributed by atoms with Gasteiger partial charge in [0.1, 0.15) is 0 Å². The molecule has 0 unspecified atom stereocenters. The normalized spacial score (nSPS) is 10.6. The average Bonchev–Trinajstić information content (AvgIpc) is 3.43. The van der Waals surface area contributed by atoms with Crippen LogP contribution < -0.4 is 0 Å². The molecule has 0 aliphatic heterocycles. The van der Waals surface area contributed by atoms with E-state index in [1.54, 1.807) is 12.4 Å². The van der Waals surface area contributed by atoms with E-state index >= 15 is 0 Å². The molecule has 0 amide bonds. The summed E-state index contributed by atoms with van der Waals surface area (Å²) in [5, 5.41) is 2.26. The standard InChI is InChI=1S/C24H17N5/c1-28-13-11-25-23(28)9-5-17-3-7-21-19(15-17)20-16-18(4-8-22(20)27-21)6-10-24-26-12-14-29(24)2/h3-4,7-8,11-16,27H,1-2H3. The van der Waals surface area contributed by atoms with E-state index in [4.69, 9.17) is 0 Å². The predicted molar refractivity (Wildman–Crippen MR) is 114 cm³/mol. The Morgan fingerprint density at radius 2 is 1.17 bits per heavy atom. The topological polar surface area (TPSA) is 51.4 Å². The summed E-state index contributed by atoms with van der Waals surface area (Å²) < 4.78 is 3.81. The smallest absolute Gasteiger partial charge is 0.185 e. The minimum absolute atomic E-state index is 0.746. The number of imidazole rings is 2. The van der Waals surface area contributed by atoms with Crippen molar-refractivity contribution in [2.45, 2.75) is 0 Å². The first-order valence-corrected chi connectivity index (χ1v) is 9.21. The lowest BCUT2D eigenvalue weighted by molar-refractivity contribution is 0.893. The van der Waals surface area contributed by atoms with Gasteiger partial charge in [0.25, 0.3) is 0 Å². The fourth-order valence-electron chi connectivity index (χ4n) is 3.28. The second-order valence-electron chi connectivity index (χ2n) is 6.87. The Hall–Kier alpha value is -4.22. The van der Waals surface area contributed by atoms with Gasteiger partial charge in [-0.2, -0.15) is 0 Å². The largest absolute Gasteiger partial charge is 0.355 e. The van der Waals surface area contributed by atoms with Crippen molar-refractivity contribution in [1.82, 2.24) is 24.1 Å². The highest BCUT2D eigenvalue weighted by atomic mass is 15.0. The molecule has 0 saturated carbocycles. The summed E-state index contributed by atoms with van der Waals surface area (Å²) in [6, 6.07) is 12.4. The van der Waals surface area contributed by atoms with E-state index in [1.807, 2.05) is 47.8 Å². The fraction of sp³-hybridized carbons (Fsp3) is 0.0833. The van der Waals surface area contributed by atoms with Gasteiger partial charge >= 0.3 is 0 Å². The highest BCUT2D eigenvalue weighted by Gasteiger charge is 2.05. The van der Waals surface area contributed by atoms with Crippen LogP contribution >= 0.6 is 0 Å². The number of fused-ring (bicyclic) bond motifs is 3. The molecule has 5 aromatic rings. The van der Waals surface area contributed by atoms with Crippen LogP contribution in [0.5, 0.6) is 0 Å². The van der Waals surface area contributed by atoms with Crippen LogP contribution in [0.25, 0.3) is 21.8 Å². The van der Waals surface area contributed by atoms with Gasteiger partial charge in [0.15, 0.2) is 11.6 Å². The van der Waals surface area contributed by atoms with Crippen molar-refractivity contribution in [3.8, 4) is 23.7 Å². The van der Waals surface area contributed by atoms with E-state index < -0.39 is 0 Å². The van der Waals surface area contributed by atoms with Crippen LogP contribution in [0.2, 0.25) is 0 Å². The molecule has 0 aliphatic carbocycles. The third kappa shape index (κ3) is 3.16. The molecule has 2 aromatic carbocycles. The molecule has 29 heavy (non-hydrogen) atoms. The third-order valence-corrected chi connectivity index (χ3v) is 4.88. The van der Waals surface area contributed by atoms with Crippen LogP contribution in [0.3, 0.4) is 0 Å². The Morgan fingerprint density at radius 3 is 1.59 bits per heavy atom. The number of aromatic amines is 1. The van der Waals surface area contributed by atoms with E-state index in [2.05, 4.69) is 62.9 Å². The van der Waals surface area contributed by atoms with E-state index in [0.29, 0.717) is 0 Å². The van der Waals surface area contributed by atoms with Crippen molar-refractivity contribution in [2.75, 3.05) is 0 Å². The molecule has 0 fully saturated rings. The van der Waals surface area contributed by atoms with Crippen LogP contribution in [-0.2, 0) is 14.1 Å². The maximum atomic E-state index is 4.25. The van der Waals surface area contributed by atoms with Gasteiger partial charge in [0, 0.05) is 71.8 Å². The molecule has 0 bridgehead atoms. The lowest BCUT2D eigenvalue weighted by atomic mass is 10.1. The zero-order valence-electron chi connectivity index (χ0n) is 16.1. The minimum atomic E-state index is 0.746. The molecule has 3 aromatic heterocycles. The summed E-state index contributed by atoms with van der Waals surface area (Å²) in [6.45, 7) is 0. The van der Waals surface area contributed by atoms with Crippen molar-refractivity contribution < 1.29 is 0 Å². The van der Waals surface area contributed by atoms with Crippen molar-refractivity contribution in [3.63, 3.8) is 0 Å². The average molecular weight is 375 g/mol. The molecule has 0 aliphatic rings. The molecule has 1 N–H and O–H groups in total. The van der Waals surface area contributed by atoms with Gasteiger partial charge in [-0.3, -0.25) is 0 Å². The number of hydrogen-bond acceptors (Lipinski definition) is 2. The molecular formula is C24H17N5. The summed E-state index contributed by atoms with van der Waals surface area (Å²) in [5.74, 6) is 14.2. The number of hydrogen-bond donors (Lipinski definition) is 1. The summed E-state index contributed by atoms with van der Waals surface area (Å²) in [4.78, 5) is 12.0. The first kappa shape index (κ1) is 16.9. The van der Waals surface area contributed by atoms with Crippen molar-refractivity contribution in [1.29, 1.82) is 0 Å². The number of benzene rings is 2. The summed E-state index contributed by atoms with van der Waals surface area (Å²) in [7, 11) is 3.88. The summed E-state index contributed by atoms with van der Waals surface area (Å²) in [6.07, 6.45) is 7.28. The molecule has 0 atom stereocenters. The van der Waals surface area contributed by atoms with Crippen molar-refractivity contribution >= 4 is 21.8 Å². The van der Waals surface area contributed by atoms with E-state index in [0.717, 1.165) is 44.6 Å². The highest BCUT2D eigenvalue weighted by molar-refractivity contribution is 6.08. The van der Waals surface area contributed by atoms with Crippen LogP contribution in [0.4, 0.5) is 0 Å². The van der Waals surface area contributed by atoms with Crippen LogP contribution in [0.1, 0.15) is 22.8 Å². The second kappa shape index (κ2) is 6.74. The fourth-order valence-corrected chi connectivity index (χ4v) is 3.28. The third-order valence-electron chi connectivity index (χ3n) is 4.88. The zero-order chi connectivity index (χ0) is 19.8. The molecule has 0 spiro atoms. The van der Waals surface area contributed by atoms with Gasteiger partial charge in [0.2, 0.25) is 0 Å². The van der Waals surface area contributed by atoms with Crippen LogP contribution in [0.15, 0.2) is 61.2 Å². The summed E-state index contributed by atoms with van der Waals surface area (Å²) in [5.41, 5.74) is 4.06. The molecule has 0 saturated heterocycles. The van der Waals surface area contributed by atoms with Gasteiger partial charge in [-0.25, -0.2) is 9.97 Å². The lowest BCUT2D eigenvalue weighted by Gasteiger charge is -1.95. The molecular weight excluding hydrogens is 358 g/mol. The maximum absolute atomic E-state index is 4.25. The van der Waals surface area contributed by atoms with Crippen molar-refractivity contribution in [2.24, 2.45) is 14.1 Å². The molecule has 0 radical (unpaired) electrons. The van der Waals surface area contributed by atoms with Crippen LogP contribution in [0, 0.1) is 23.7 Å². The molecule has 5 rings (SSSR count). The lowest BCUT2D eigenvalue weighted by Crippen LogP contribution is -1.90. The van der Waals surface area contributed by atoms with Gasteiger partial charge in [0.05, 0.1) is 0 Å². The predicted octanol–water partition coefficient (Wildman–Crippen LogP) is 3.59. The number of aromatic nitrogens is 5. The number of H-pyrrole nitrogens is 1. The number of nitrogens with zero attached hydrogens (tertiary/aromatic N) is 4. The first-order valence-electron chi connectivity index (χ1n) is 9.21. The number of rotatable bonds is 0. The van der Waals surface area contributed by atoms with E-state index in [9.17, 15) is 0 Å². The van der Waals surface area contributed by atoms with Gasteiger partial charge in [-0.05, 0) is 48.2 Å². The SMILES string of the molecule is Cn1ccnc1C#Cc1ccc2[nH]c3ccc(C#Cc4nccn4C)cc3c2c1. The maximum Gasteiger partial charge on any atom is 0.185 e. The minimum Gasteiger partial charge on any atom is -0.355 e. The number of aryl methyl sites for hydroxylation is 2. The highest BCUT2D eigenvalue weighted by Crippen LogP contribution is 2.27. The molecule has 3 heterocycles. The first-order chi connectivity index (χ1) is 14.2. The molecule has 138 valence electrons. The quantitative estimate of drug-likeness (QED) is 0.421.